The summed E-state index contributed by atoms with van der Waals surface area (Å²) in [6.45, 7) is 0. The van der Waals surface area contributed by atoms with Crippen LogP contribution in [-0.4, -0.2) is 21.7 Å². The highest BCUT2D eigenvalue weighted by Gasteiger charge is 2.17. The summed E-state index contributed by atoms with van der Waals surface area (Å²) in [5, 5.41) is 8.88. The molecule has 0 aliphatic rings. The summed E-state index contributed by atoms with van der Waals surface area (Å²) in [5.74, 6) is -0.0245. The molecule has 0 N–H and O–H groups in total. The highest BCUT2D eigenvalue weighted by molar-refractivity contribution is 9.10. The van der Waals surface area contributed by atoms with Crippen molar-refractivity contribution in [3.8, 4) is 11.5 Å². The second kappa shape index (κ2) is 7.50. The molecule has 4 aromatic rings. The van der Waals surface area contributed by atoms with Gasteiger partial charge in [0, 0.05) is 9.86 Å². The number of thioether (sulfide) groups is 1. The molecule has 0 atom stereocenters. The first-order valence-electron chi connectivity index (χ1n) is 7.89. The average Bonchev–Trinajstić information content (AvgIpc) is 3.14. The third-order valence-corrected chi connectivity index (χ3v) is 5.29. The molecule has 2 heterocycles. The number of Topliss-reactive ketones (excluding diaryl/α,β-unsaturated/α-hetero) is 1. The molecule has 0 aliphatic heterocycles. The van der Waals surface area contributed by atoms with Crippen LogP contribution in [0.4, 0.5) is 0 Å². The maximum atomic E-state index is 12.4. The lowest BCUT2D eigenvalue weighted by Crippen LogP contribution is -2.15. The first kappa shape index (κ1) is 17.7. The Balaban J connectivity index is 1.51. The minimum Gasteiger partial charge on any atom is -0.422 e. The number of hydrogen-bond donors (Lipinski definition) is 0. The van der Waals surface area contributed by atoms with Crippen molar-refractivity contribution in [3.05, 3.63) is 75.1 Å². The van der Waals surface area contributed by atoms with Crippen LogP contribution in [0.25, 0.3) is 22.4 Å². The summed E-state index contributed by atoms with van der Waals surface area (Å²) in [7, 11) is 0. The lowest BCUT2D eigenvalue weighted by molar-refractivity contribution is 0.101. The monoisotopic (exact) mass is 442 g/mol. The predicted molar refractivity (Wildman–Crippen MR) is 105 cm³/mol. The average molecular weight is 443 g/mol. The van der Waals surface area contributed by atoms with Crippen molar-refractivity contribution in [3.63, 3.8) is 0 Å². The summed E-state index contributed by atoms with van der Waals surface area (Å²) in [5.41, 5.74) is 0.561. The third kappa shape index (κ3) is 3.72. The highest BCUT2D eigenvalue weighted by atomic mass is 79.9. The summed E-state index contributed by atoms with van der Waals surface area (Å²) >= 11 is 4.50. The van der Waals surface area contributed by atoms with E-state index in [9.17, 15) is 9.59 Å². The van der Waals surface area contributed by atoms with E-state index >= 15 is 0 Å². The number of fused-ring (bicyclic) bond motifs is 1. The quantitative estimate of drug-likeness (QED) is 0.254. The molecule has 0 unspecified atom stereocenters. The Morgan fingerprint density at radius 2 is 1.81 bits per heavy atom. The Morgan fingerprint density at radius 1 is 1.04 bits per heavy atom. The number of ketones is 1. The van der Waals surface area contributed by atoms with Crippen LogP contribution in [0.1, 0.15) is 10.4 Å². The largest absolute Gasteiger partial charge is 0.422 e. The first-order chi connectivity index (χ1) is 13.1. The minimum absolute atomic E-state index is 0.00624. The number of carbonyl (C=O) groups is 1. The van der Waals surface area contributed by atoms with Gasteiger partial charge >= 0.3 is 5.63 Å². The molecule has 0 saturated carbocycles. The number of halogens is 1. The van der Waals surface area contributed by atoms with E-state index in [1.165, 1.54) is 0 Å². The fourth-order valence-electron chi connectivity index (χ4n) is 2.47. The molecule has 0 fully saturated rings. The van der Waals surface area contributed by atoms with Crippen molar-refractivity contribution in [1.82, 2.24) is 10.2 Å². The Bertz CT molecular complexity index is 1200. The smallest absolute Gasteiger partial charge is 0.347 e. The number of carbonyl (C=O) groups excluding carboxylic acids is 1. The summed E-state index contributed by atoms with van der Waals surface area (Å²) in [6, 6.07) is 16.0. The van der Waals surface area contributed by atoms with E-state index in [-0.39, 0.29) is 22.3 Å². The van der Waals surface area contributed by atoms with Crippen molar-refractivity contribution >= 4 is 44.4 Å². The van der Waals surface area contributed by atoms with Crippen LogP contribution in [0.3, 0.4) is 0 Å². The molecular formula is C19H11BrN2O4S. The van der Waals surface area contributed by atoms with E-state index in [0.717, 1.165) is 21.8 Å². The molecule has 0 amide bonds. The molecule has 4 rings (SSSR count). The van der Waals surface area contributed by atoms with Crippen LogP contribution in [0, 0.1) is 0 Å². The molecule has 0 bridgehead atoms. The van der Waals surface area contributed by atoms with Gasteiger partial charge in [0.25, 0.3) is 5.22 Å². The Labute approximate surface area is 165 Å². The highest BCUT2D eigenvalue weighted by Crippen LogP contribution is 2.29. The SMILES string of the molecule is O=C(CSc1nnc(-c2ccccc2Br)o1)c1cc2ccccc2oc1=O. The van der Waals surface area contributed by atoms with Gasteiger partial charge in [0.1, 0.15) is 11.1 Å². The summed E-state index contributed by atoms with van der Waals surface area (Å²) in [6.07, 6.45) is 0. The standard InChI is InChI=1S/C19H11BrN2O4S/c20-14-7-3-2-6-12(14)17-21-22-19(26-17)27-10-15(23)13-9-11-5-1-4-8-16(11)25-18(13)24/h1-9H,10H2. The van der Waals surface area contributed by atoms with Crippen molar-refractivity contribution in [2.75, 3.05) is 5.75 Å². The zero-order valence-corrected chi connectivity index (χ0v) is 16.1. The van der Waals surface area contributed by atoms with Crippen LogP contribution in [-0.2, 0) is 0 Å². The van der Waals surface area contributed by atoms with E-state index in [2.05, 4.69) is 26.1 Å². The second-order valence-corrected chi connectivity index (χ2v) is 7.33. The van der Waals surface area contributed by atoms with E-state index in [1.54, 1.807) is 24.3 Å². The van der Waals surface area contributed by atoms with Crippen LogP contribution < -0.4 is 5.63 Å². The fraction of sp³-hybridized carbons (Fsp3) is 0.0526. The molecule has 0 saturated heterocycles. The van der Waals surface area contributed by atoms with Gasteiger partial charge in [-0.3, -0.25) is 4.79 Å². The summed E-state index contributed by atoms with van der Waals surface area (Å²) < 4.78 is 11.6. The fourth-order valence-corrected chi connectivity index (χ4v) is 3.57. The van der Waals surface area contributed by atoms with Gasteiger partial charge in [0.05, 0.1) is 11.3 Å². The van der Waals surface area contributed by atoms with Crippen molar-refractivity contribution < 1.29 is 13.6 Å². The first-order valence-corrected chi connectivity index (χ1v) is 9.67. The predicted octanol–water partition coefficient (Wildman–Crippen LogP) is 4.58. The molecule has 0 aliphatic carbocycles. The molecule has 0 spiro atoms. The number of benzene rings is 2. The van der Waals surface area contributed by atoms with Crippen LogP contribution in [0.5, 0.6) is 0 Å². The van der Waals surface area contributed by atoms with Gasteiger partial charge in [-0.15, -0.1) is 10.2 Å². The lowest BCUT2D eigenvalue weighted by atomic mass is 10.1. The topological polar surface area (TPSA) is 86.2 Å². The van der Waals surface area contributed by atoms with Crippen molar-refractivity contribution in [1.29, 1.82) is 0 Å². The van der Waals surface area contributed by atoms with Gasteiger partial charge in [-0.2, -0.15) is 0 Å². The zero-order chi connectivity index (χ0) is 18.8. The van der Waals surface area contributed by atoms with Crippen molar-refractivity contribution in [2.45, 2.75) is 5.22 Å². The third-order valence-electron chi connectivity index (χ3n) is 3.78. The van der Waals surface area contributed by atoms with Gasteiger partial charge in [-0.05, 0) is 40.2 Å². The number of aromatic nitrogens is 2. The minimum atomic E-state index is -0.654. The zero-order valence-electron chi connectivity index (χ0n) is 13.7. The number of nitrogens with zero attached hydrogens (tertiary/aromatic N) is 2. The number of hydrogen-bond acceptors (Lipinski definition) is 7. The summed E-state index contributed by atoms with van der Waals surface area (Å²) in [4.78, 5) is 24.5. The van der Waals surface area contributed by atoms with Crippen LogP contribution in [0.2, 0.25) is 0 Å². The molecule has 27 heavy (non-hydrogen) atoms. The lowest BCUT2D eigenvalue weighted by Gasteiger charge is -2.00. The molecule has 0 radical (unpaired) electrons. The Hall–Kier alpha value is -2.71. The Kier molecular flexibility index (Phi) is 4.91. The van der Waals surface area contributed by atoms with Gasteiger partial charge in [-0.1, -0.05) is 42.1 Å². The van der Waals surface area contributed by atoms with E-state index in [0.29, 0.717) is 16.9 Å². The number of rotatable bonds is 5. The molecule has 134 valence electrons. The maximum absolute atomic E-state index is 12.4. The molecule has 8 heteroatoms. The van der Waals surface area contributed by atoms with Gasteiger partial charge in [0.15, 0.2) is 5.78 Å². The molecular weight excluding hydrogens is 432 g/mol. The molecule has 2 aromatic heterocycles. The van der Waals surface area contributed by atoms with Crippen molar-refractivity contribution in [2.24, 2.45) is 0 Å². The van der Waals surface area contributed by atoms with Gasteiger partial charge in [0.2, 0.25) is 5.89 Å². The maximum Gasteiger partial charge on any atom is 0.347 e. The van der Waals surface area contributed by atoms with Gasteiger partial charge < -0.3 is 8.83 Å². The van der Waals surface area contributed by atoms with E-state index in [4.69, 9.17) is 8.83 Å². The molecule has 2 aromatic carbocycles. The number of para-hydroxylation sites is 1. The second-order valence-electron chi connectivity index (χ2n) is 5.55. The van der Waals surface area contributed by atoms with Gasteiger partial charge in [-0.25, -0.2) is 4.79 Å². The van der Waals surface area contributed by atoms with E-state index in [1.807, 2.05) is 30.3 Å². The van der Waals surface area contributed by atoms with Crippen LogP contribution in [0.15, 0.2) is 77.9 Å². The Morgan fingerprint density at radius 3 is 2.67 bits per heavy atom. The van der Waals surface area contributed by atoms with Crippen LogP contribution >= 0.6 is 27.7 Å². The molecule has 6 nitrogen and oxygen atoms in total. The van der Waals surface area contributed by atoms with E-state index < -0.39 is 5.63 Å². The normalized spacial score (nSPS) is 11.0.